The average molecular weight is 317 g/mol. The monoisotopic (exact) mass is 317 g/mol. The van der Waals surface area contributed by atoms with Gasteiger partial charge in [0.25, 0.3) is 0 Å². The van der Waals surface area contributed by atoms with Gasteiger partial charge in [-0.25, -0.2) is 0 Å². The van der Waals surface area contributed by atoms with E-state index in [9.17, 15) is 0 Å². The van der Waals surface area contributed by atoms with Crippen LogP contribution < -0.4 is 16.2 Å². The number of hydrogen-bond donors (Lipinski definition) is 3. The van der Waals surface area contributed by atoms with Gasteiger partial charge < -0.3 is 5.32 Å². The van der Waals surface area contributed by atoms with Crippen LogP contribution in [0.25, 0.3) is 0 Å². The largest absolute Gasteiger partial charge is 0.361 e. The van der Waals surface area contributed by atoms with E-state index < -0.39 is 0 Å². The quantitative estimate of drug-likeness (QED) is 0.329. The molecule has 0 saturated heterocycles. The van der Waals surface area contributed by atoms with Crippen LogP contribution in [0.3, 0.4) is 0 Å². The van der Waals surface area contributed by atoms with Gasteiger partial charge in [0.2, 0.25) is 0 Å². The number of hydrazine groups is 1. The van der Waals surface area contributed by atoms with Gasteiger partial charge in [-0.15, -0.1) is 11.8 Å². The fourth-order valence-electron chi connectivity index (χ4n) is 1.75. The maximum Gasteiger partial charge on any atom is 0.185 e. The van der Waals surface area contributed by atoms with Crippen molar-refractivity contribution in [2.45, 2.75) is 11.8 Å². The maximum absolute atomic E-state index is 5.22. The molecule has 2 rings (SSSR count). The molecule has 21 heavy (non-hydrogen) atoms. The first-order valence-corrected chi connectivity index (χ1v) is 8.18. The fourth-order valence-corrected chi connectivity index (χ4v) is 2.69. The van der Waals surface area contributed by atoms with E-state index in [1.54, 1.807) is 0 Å². The molecule has 0 aliphatic rings. The summed E-state index contributed by atoms with van der Waals surface area (Å²) >= 11 is 7.03. The van der Waals surface area contributed by atoms with E-state index in [1.807, 2.05) is 42.1 Å². The number of anilines is 1. The van der Waals surface area contributed by atoms with Gasteiger partial charge in [0.1, 0.15) is 0 Å². The smallest absolute Gasteiger partial charge is 0.185 e. The van der Waals surface area contributed by atoms with Crippen molar-refractivity contribution in [3.05, 3.63) is 60.2 Å². The number of thiocarbonyl (C=S) groups is 1. The third kappa shape index (κ3) is 6.06. The van der Waals surface area contributed by atoms with Gasteiger partial charge >= 0.3 is 0 Å². The molecule has 5 heteroatoms. The lowest BCUT2D eigenvalue weighted by Gasteiger charge is -2.12. The Morgan fingerprint density at radius 2 is 1.90 bits per heavy atom. The minimum atomic E-state index is 0.602. The maximum atomic E-state index is 5.22. The van der Waals surface area contributed by atoms with Crippen LogP contribution in [-0.4, -0.2) is 17.4 Å². The Morgan fingerprint density at radius 3 is 2.67 bits per heavy atom. The van der Waals surface area contributed by atoms with Gasteiger partial charge in [0.05, 0.1) is 5.69 Å². The van der Waals surface area contributed by atoms with E-state index in [4.69, 9.17) is 12.2 Å². The predicted octanol–water partition coefficient (Wildman–Crippen LogP) is 3.58. The van der Waals surface area contributed by atoms with E-state index in [0.717, 1.165) is 18.0 Å². The van der Waals surface area contributed by atoms with Crippen LogP contribution in [-0.2, 0) is 0 Å². The highest BCUT2D eigenvalue weighted by Crippen LogP contribution is 2.15. The number of aryl methyl sites for hydroxylation is 1. The Balaban J connectivity index is 1.62. The highest BCUT2D eigenvalue weighted by molar-refractivity contribution is 7.99. The number of hydrogen-bond acceptors (Lipinski definition) is 3. The van der Waals surface area contributed by atoms with Crippen LogP contribution in [0.2, 0.25) is 0 Å². The number of thioether (sulfide) groups is 1. The molecule has 2 aromatic rings. The van der Waals surface area contributed by atoms with Crippen molar-refractivity contribution < 1.29 is 0 Å². The summed E-state index contributed by atoms with van der Waals surface area (Å²) in [4.78, 5) is 1.27. The molecule has 0 unspecified atom stereocenters. The summed E-state index contributed by atoms with van der Waals surface area (Å²) in [5.74, 6) is 0.969. The molecular weight excluding hydrogens is 298 g/mol. The second-order valence-electron chi connectivity index (χ2n) is 4.54. The van der Waals surface area contributed by atoms with E-state index in [1.165, 1.54) is 10.5 Å². The summed E-state index contributed by atoms with van der Waals surface area (Å²) in [5, 5.41) is 3.78. The molecule has 2 aromatic carbocycles. The van der Waals surface area contributed by atoms with Crippen molar-refractivity contribution in [1.82, 2.24) is 10.7 Å². The van der Waals surface area contributed by atoms with Crippen LogP contribution >= 0.6 is 24.0 Å². The summed E-state index contributed by atoms with van der Waals surface area (Å²) in [6, 6.07) is 18.5. The Kier molecular flexibility index (Phi) is 6.37. The van der Waals surface area contributed by atoms with E-state index in [2.05, 4.69) is 47.4 Å². The molecule has 3 nitrogen and oxygen atoms in total. The first-order chi connectivity index (χ1) is 10.2. The van der Waals surface area contributed by atoms with Crippen molar-refractivity contribution in [3.8, 4) is 0 Å². The Bertz CT molecular complexity index is 573. The van der Waals surface area contributed by atoms with Gasteiger partial charge in [0, 0.05) is 17.2 Å². The number of benzene rings is 2. The lowest BCUT2D eigenvalue weighted by atomic mass is 10.2. The molecule has 0 atom stereocenters. The van der Waals surface area contributed by atoms with Gasteiger partial charge in [-0.2, -0.15) is 0 Å². The first-order valence-electron chi connectivity index (χ1n) is 6.78. The van der Waals surface area contributed by atoms with Crippen LogP contribution in [0.15, 0.2) is 59.5 Å². The predicted molar refractivity (Wildman–Crippen MR) is 95.7 cm³/mol. The summed E-state index contributed by atoms with van der Waals surface area (Å²) in [5.41, 5.74) is 8.28. The molecule has 0 bridgehead atoms. The molecule has 0 fully saturated rings. The van der Waals surface area contributed by atoms with Crippen molar-refractivity contribution in [2.75, 3.05) is 17.7 Å². The van der Waals surface area contributed by atoms with Crippen LogP contribution in [0.4, 0.5) is 5.69 Å². The number of rotatable bonds is 6. The summed E-state index contributed by atoms with van der Waals surface area (Å²) in [7, 11) is 0. The molecular formula is C16H19N3S2. The second-order valence-corrected chi connectivity index (χ2v) is 6.11. The van der Waals surface area contributed by atoms with Gasteiger partial charge in [-0.1, -0.05) is 30.3 Å². The zero-order valence-electron chi connectivity index (χ0n) is 11.9. The van der Waals surface area contributed by atoms with Gasteiger partial charge in [-0.05, 0) is 49.0 Å². The second kappa shape index (κ2) is 8.54. The van der Waals surface area contributed by atoms with E-state index in [0.29, 0.717) is 5.11 Å². The van der Waals surface area contributed by atoms with Crippen LogP contribution in [0, 0.1) is 6.92 Å². The third-order valence-electron chi connectivity index (χ3n) is 2.74. The topological polar surface area (TPSA) is 36.1 Å². The first kappa shape index (κ1) is 15.7. The Labute approximate surface area is 135 Å². The van der Waals surface area contributed by atoms with Crippen molar-refractivity contribution >= 4 is 34.8 Å². The highest BCUT2D eigenvalue weighted by atomic mass is 32.2. The molecule has 0 heterocycles. The molecule has 0 aromatic heterocycles. The summed E-state index contributed by atoms with van der Waals surface area (Å²) in [6.07, 6.45) is 0. The molecule has 0 aliphatic heterocycles. The average Bonchev–Trinajstić information content (AvgIpc) is 2.51. The fraction of sp³-hybridized carbons (Fsp3) is 0.188. The van der Waals surface area contributed by atoms with Crippen molar-refractivity contribution in [1.29, 1.82) is 0 Å². The molecule has 0 aliphatic carbocycles. The Hall–Kier alpha value is -1.72. The lowest BCUT2D eigenvalue weighted by Crippen LogP contribution is -2.39. The molecule has 0 radical (unpaired) electrons. The molecule has 3 N–H and O–H groups in total. The normalized spacial score (nSPS) is 9.95. The standard InChI is InChI=1S/C16H19N3S2/c1-13-6-5-7-14(12-13)18-19-16(20)17-10-11-21-15-8-3-2-4-9-15/h2-9,12,18H,10-11H2,1H3,(H2,17,19,20). The summed E-state index contributed by atoms with van der Waals surface area (Å²) in [6.45, 7) is 2.88. The minimum Gasteiger partial charge on any atom is -0.361 e. The van der Waals surface area contributed by atoms with Crippen molar-refractivity contribution in [3.63, 3.8) is 0 Å². The number of nitrogens with one attached hydrogen (secondary N) is 3. The zero-order valence-corrected chi connectivity index (χ0v) is 13.6. The van der Waals surface area contributed by atoms with Crippen molar-refractivity contribution in [2.24, 2.45) is 0 Å². The molecule has 0 spiro atoms. The van der Waals surface area contributed by atoms with Gasteiger partial charge in [0.15, 0.2) is 5.11 Å². The lowest BCUT2D eigenvalue weighted by molar-refractivity contribution is 0.935. The highest BCUT2D eigenvalue weighted by Gasteiger charge is 1.97. The zero-order chi connectivity index (χ0) is 14.9. The molecule has 0 saturated carbocycles. The van der Waals surface area contributed by atoms with E-state index >= 15 is 0 Å². The third-order valence-corrected chi connectivity index (χ3v) is 4.00. The Morgan fingerprint density at radius 1 is 1.10 bits per heavy atom. The summed E-state index contributed by atoms with van der Waals surface area (Å²) < 4.78 is 0. The molecule has 110 valence electrons. The minimum absolute atomic E-state index is 0.602. The van der Waals surface area contributed by atoms with Crippen LogP contribution in [0.1, 0.15) is 5.56 Å². The SMILES string of the molecule is Cc1cccc(NNC(=S)NCCSc2ccccc2)c1. The van der Waals surface area contributed by atoms with E-state index in [-0.39, 0.29) is 0 Å². The van der Waals surface area contributed by atoms with Crippen LogP contribution in [0.5, 0.6) is 0 Å². The van der Waals surface area contributed by atoms with Gasteiger partial charge in [-0.3, -0.25) is 10.9 Å². The molecule has 0 amide bonds.